The highest BCUT2D eigenvalue weighted by Crippen LogP contribution is 2.23. The molecule has 0 radical (unpaired) electrons. The van der Waals surface area contributed by atoms with Crippen LogP contribution in [0, 0.1) is 6.92 Å². The van der Waals surface area contributed by atoms with E-state index >= 15 is 0 Å². The molecular weight excluding hydrogens is 240 g/mol. The standard InChI is InChI=1S/C15H24N2O2/c1-3-6-16-10-13-11-17-12(2)9-15(13)19-14-4-7-18-8-5-14/h9,11,14,16H,3-8,10H2,1-2H3. The van der Waals surface area contributed by atoms with Crippen LogP contribution < -0.4 is 10.1 Å². The molecule has 1 fully saturated rings. The van der Waals surface area contributed by atoms with Crippen molar-refractivity contribution in [1.29, 1.82) is 0 Å². The van der Waals surface area contributed by atoms with Crippen LogP contribution in [0.25, 0.3) is 0 Å². The molecule has 4 heteroatoms. The average molecular weight is 264 g/mol. The largest absolute Gasteiger partial charge is 0.490 e. The van der Waals surface area contributed by atoms with Crippen molar-refractivity contribution in [3.05, 3.63) is 23.5 Å². The van der Waals surface area contributed by atoms with E-state index < -0.39 is 0 Å². The molecule has 2 heterocycles. The van der Waals surface area contributed by atoms with E-state index in [1.54, 1.807) is 0 Å². The van der Waals surface area contributed by atoms with Gasteiger partial charge in [-0.3, -0.25) is 4.98 Å². The maximum Gasteiger partial charge on any atom is 0.127 e. The van der Waals surface area contributed by atoms with Gasteiger partial charge in [-0.05, 0) is 19.9 Å². The van der Waals surface area contributed by atoms with E-state index in [-0.39, 0.29) is 6.10 Å². The molecule has 19 heavy (non-hydrogen) atoms. The van der Waals surface area contributed by atoms with E-state index in [0.717, 1.165) is 62.6 Å². The summed E-state index contributed by atoms with van der Waals surface area (Å²) in [4.78, 5) is 4.37. The Kier molecular flexibility index (Phi) is 5.61. The number of ether oxygens (including phenoxy) is 2. The molecule has 0 spiro atoms. The normalized spacial score (nSPS) is 16.5. The van der Waals surface area contributed by atoms with Crippen LogP contribution in [0.5, 0.6) is 5.75 Å². The molecule has 0 bridgehead atoms. The smallest absolute Gasteiger partial charge is 0.127 e. The van der Waals surface area contributed by atoms with Crippen molar-refractivity contribution in [2.45, 2.75) is 45.8 Å². The van der Waals surface area contributed by atoms with E-state index in [1.165, 1.54) is 0 Å². The average Bonchev–Trinajstić information content (AvgIpc) is 2.43. The molecule has 0 aliphatic carbocycles. The monoisotopic (exact) mass is 264 g/mol. The molecule has 1 aromatic rings. The van der Waals surface area contributed by atoms with E-state index in [2.05, 4.69) is 17.2 Å². The second-order valence-electron chi connectivity index (χ2n) is 5.04. The number of aryl methyl sites for hydroxylation is 1. The van der Waals surface area contributed by atoms with Crippen LogP contribution in [0.2, 0.25) is 0 Å². The lowest BCUT2D eigenvalue weighted by atomic mass is 10.1. The summed E-state index contributed by atoms with van der Waals surface area (Å²) >= 11 is 0. The number of nitrogens with one attached hydrogen (secondary N) is 1. The van der Waals surface area contributed by atoms with Gasteiger partial charge in [0, 0.05) is 42.9 Å². The van der Waals surface area contributed by atoms with Crippen LogP contribution in [-0.2, 0) is 11.3 Å². The van der Waals surface area contributed by atoms with Gasteiger partial charge in [-0.15, -0.1) is 0 Å². The number of nitrogens with zero attached hydrogens (tertiary/aromatic N) is 1. The summed E-state index contributed by atoms with van der Waals surface area (Å²) in [6.07, 6.45) is 5.29. The Bertz CT molecular complexity index is 390. The van der Waals surface area contributed by atoms with Crippen LogP contribution in [0.4, 0.5) is 0 Å². The van der Waals surface area contributed by atoms with Gasteiger partial charge in [-0.25, -0.2) is 0 Å². The molecular formula is C15H24N2O2. The first kappa shape index (κ1) is 14.3. The summed E-state index contributed by atoms with van der Waals surface area (Å²) in [5, 5.41) is 3.40. The minimum absolute atomic E-state index is 0.278. The highest BCUT2D eigenvalue weighted by atomic mass is 16.5. The minimum Gasteiger partial charge on any atom is -0.490 e. The molecule has 0 aromatic carbocycles. The van der Waals surface area contributed by atoms with Crippen molar-refractivity contribution >= 4 is 0 Å². The summed E-state index contributed by atoms with van der Waals surface area (Å²) < 4.78 is 11.5. The molecule has 4 nitrogen and oxygen atoms in total. The zero-order valence-corrected chi connectivity index (χ0v) is 11.9. The molecule has 1 aromatic heterocycles. The molecule has 106 valence electrons. The third kappa shape index (κ3) is 4.48. The number of hydrogen-bond donors (Lipinski definition) is 1. The molecule has 1 aliphatic rings. The Balaban J connectivity index is 2.01. The van der Waals surface area contributed by atoms with Crippen molar-refractivity contribution in [3.63, 3.8) is 0 Å². The molecule has 0 unspecified atom stereocenters. The third-order valence-corrected chi connectivity index (χ3v) is 3.28. The van der Waals surface area contributed by atoms with Gasteiger partial charge in [0.1, 0.15) is 11.9 Å². The van der Waals surface area contributed by atoms with E-state index in [0.29, 0.717) is 0 Å². The van der Waals surface area contributed by atoms with Crippen LogP contribution >= 0.6 is 0 Å². The first-order valence-corrected chi connectivity index (χ1v) is 7.20. The molecule has 0 saturated carbocycles. The van der Waals surface area contributed by atoms with E-state index in [9.17, 15) is 0 Å². The van der Waals surface area contributed by atoms with Gasteiger partial charge in [-0.1, -0.05) is 6.92 Å². The van der Waals surface area contributed by atoms with Crippen molar-refractivity contribution in [2.75, 3.05) is 19.8 Å². The highest BCUT2D eigenvalue weighted by Gasteiger charge is 2.17. The Morgan fingerprint density at radius 3 is 2.95 bits per heavy atom. The van der Waals surface area contributed by atoms with Crippen molar-refractivity contribution in [2.24, 2.45) is 0 Å². The summed E-state index contributed by atoms with van der Waals surface area (Å²) in [6, 6.07) is 2.04. The SMILES string of the molecule is CCCNCc1cnc(C)cc1OC1CCOCC1. The fourth-order valence-electron chi connectivity index (χ4n) is 2.18. The Hall–Kier alpha value is -1.13. The quantitative estimate of drug-likeness (QED) is 0.802. The number of pyridine rings is 1. The van der Waals surface area contributed by atoms with Gasteiger partial charge in [0.05, 0.1) is 13.2 Å². The van der Waals surface area contributed by atoms with Crippen LogP contribution in [0.15, 0.2) is 12.3 Å². The van der Waals surface area contributed by atoms with E-state index in [1.807, 2.05) is 19.2 Å². The summed E-state index contributed by atoms with van der Waals surface area (Å²) in [7, 11) is 0. The van der Waals surface area contributed by atoms with Gasteiger partial charge in [-0.2, -0.15) is 0 Å². The number of aromatic nitrogens is 1. The summed E-state index contributed by atoms with van der Waals surface area (Å²) in [6.45, 7) is 7.61. The first-order valence-electron chi connectivity index (χ1n) is 7.20. The molecule has 0 atom stereocenters. The Labute approximate surface area is 115 Å². The maximum absolute atomic E-state index is 6.14. The molecule has 1 N–H and O–H groups in total. The van der Waals surface area contributed by atoms with Crippen molar-refractivity contribution in [1.82, 2.24) is 10.3 Å². The zero-order valence-electron chi connectivity index (χ0n) is 11.9. The van der Waals surface area contributed by atoms with E-state index in [4.69, 9.17) is 9.47 Å². The van der Waals surface area contributed by atoms with Gasteiger partial charge >= 0.3 is 0 Å². The fraction of sp³-hybridized carbons (Fsp3) is 0.667. The minimum atomic E-state index is 0.278. The van der Waals surface area contributed by atoms with Crippen LogP contribution in [0.3, 0.4) is 0 Å². The zero-order chi connectivity index (χ0) is 13.5. The third-order valence-electron chi connectivity index (χ3n) is 3.28. The molecule has 2 rings (SSSR count). The Morgan fingerprint density at radius 1 is 1.42 bits per heavy atom. The summed E-state index contributed by atoms with van der Waals surface area (Å²) in [5.74, 6) is 0.975. The van der Waals surface area contributed by atoms with Crippen LogP contribution in [0.1, 0.15) is 37.4 Å². The lowest BCUT2D eigenvalue weighted by molar-refractivity contribution is 0.0251. The topological polar surface area (TPSA) is 43.4 Å². The maximum atomic E-state index is 6.14. The first-order chi connectivity index (χ1) is 9.29. The van der Waals surface area contributed by atoms with Crippen LogP contribution in [-0.4, -0.2) is 30.8 Å². The van der Waals surface area contributed by atoms with Crippen molar-refractivity contribution < 1.29 is 9.47 Å². The Morgan fingerprint density at radius 2 is 2.21 bits per heavy atom. The molecule has 1 saturated heterocycles. The van der Waals surface area contributed by atoms with Crippen molar-refractivity contribution in [3.8, 4) is 5.75 Å². The fourth-order valence-corrected chi connectivity index (χ4v) is 2.18. The summed E-state index contributed by atoms with van der Waals surface area (Å²) in [5.41, 5.74) is 2.15. The number of hydrogen-bond acceptors (Lipinski definition) is 4. The van der Waals surface area contributed by atoms with Gasteiger partial charge in [0.25, 0.3) is 0 Å². The lowest BCUT2D eigenvalue weighted by Crippen LogP contribution is -2.26. The molecule has 1 aliphatic heterocycles. The second-order valence-corrected chi connectivity index (χ2v) is 5.04. The predicted molar refractivity (Wildman–Crippen MR) is 75.4 cm³/mol. The second kappa shape index (κ2) is 7.46. The van der Waals surface area contributed by atoms with Gasteiger partial charge in [0.15, 0.2) is 0 Å². The van der Waals surface area contributed by atoms with Gasteiger partial charge < -0.3 is 14.8 Å². The lowest BCUT2D eigenvalue weighted by Gasteiger charge is -2.24. The highest BCUT2D eigenvalue weighted by molar-refractivity contribution is 5.33. The molecule has 0 amide bonds. The predicted octanol–water partition coefficient (Wildman–Crippen LogP) is 2.45. The van der Waals surface area contributed by atoms with Gasteiger partial charge in [0.2, 0.25) is 0 Å². The number of rotatable bonds is 6.